The van der Waals surface area contributed by atoms with Gasteiger partial charge in [0.05, 0.1) is 6.26 Å². The second-order valence-electron chi connectivity index (χ2n) is 5.46. The molecule has 0 spiro atoms. The van der Waals surface area contributed by atoms with Crippen LogP contribution in [0, 0.1) is 0 Å². The van der Waals surface area contributed by atoms with Crippen molar-refractivity contribution >= 4 is 11.6 Å². The number of carbonyl (C=O) groups excluding carboxylic acids is 1. The zero-order valence-electron chi connectivity index (χ0n) is 12.8. The van der Waals surface area contributed by atoms with Gasteiger partial charge in [-0.3, -0.25) is 4.79 Å². The number of benzene rings is 1. The second-order valence-corrected chi connectivity index (χ2v) is 5.46. The number of ether oxygens (including phenoxy) is 1. The van der Waals surface area contributed by atoms with Gasteiger partial charge in [-0.25, -0.2) is 0 Å². The molecule has 7 heteroatoms. The number of hydrogen-bond donors (Lipinski definition) is 1. The van der Waals surface area contributed by atoms with Crippen molar-refractivity contribution in [3.05, 3.63) is 42.7 Å². The van der Waals surface area contributed by atoms with Crippen molar-refractivity contribution in [2.24, 2.45) is 0 Å². The van der Waals surface area contributed by atoms with Crippen LogP contribution in [0.2, 0.25) is 0 Å². The van der Waals surface area contributed by atoms with Crippen LogP contribution in [0.3, 0.4) is 0 Å². The minimum Gasteiger partial charge on any atom is -0.459 e. The van der Waals surface area contributed by atoms with Crippen molar-refractivity contribution < 1.29 is 18.4 Å². The van der Waals surface area contributed by atoms with Crippen LogP contribution in [-0.4, -0.2) is 28.8 Å². The Morgan fingerprint density at radius 2 is 1.96 bits per heavy atom. The molecule has 0 saturated carbocycles. The van der Waals surface area contributed by atoms with E-state index in [1.165, 1.54) is 0 Å². The van der Waals surface area contributed by atoms with E-state index in [-0.39, 0.29) is 12.0 Å². The molecule has 1 aliphatic rings. The maximum Gasteiger partial charge on any atom is 0.283 e. The summed E-state index contributed by atoms with van der Waals surface area (Å²) in [6.45, 7) is 0.645. The molecular formula is C17H15N3O4. The first-order valence-electron chi connectivity index (χ1n) is 7.70. The number of carbonyl (C=O) groups is 1. The summed E-state index contributed by atoms with van der Waals surface area (Å²) in [6, 6.07) is 10.7. The van der Waals surface area contributed by atoms with Crippen LogP contribution < -0.4 is 5.32 Å². The van der Waals surface area contributed by atoms with E-state index in [9.17, 15) is 4.79 Å². The van der Waals surface area contributed by atoms with Gasteiger partial charge < -0.3 is 18.9 Å². The highest BCUT2D eigenvalue weighted by Gasteiger charge is 2.23. The molecule has 4 rings (SSSR count). The van der Waals surface area contributed by atoms with Crippen LogP contribution in [0.15, 0.2) is 51.5 Å². The molecule has 1 aliphatic heterocycles. The molecular weight excluding hydrogens is 310 g/mol. The molecule has 0 radical (unpaired) electrons. The molecule has 0 bridgehead atoms. The summed E-state index contributed by atoms with van der Waals surface area (Å²) >= 11 is 0. The van der Waals surface area contributed by atoms with Crippen molar-refractivity contribution in [3.8, 4) is 23.1 Å². The normalized spacial score (nSPS) is 17.1. The molecule has 1 saturated heterocycles. The predicted molar refractivity (Wildman–Crippen MR) is 85.0 cm³/mol. The number of nitrogens with zero attached hydrogens (tertiary/aromatic N) is 2. The molecule has 1 amide bonds. The van der Waals surface area contributed by atoms with Crippen LogP contribution in [0.25, 0.3) is 23.1 Å². The number of furan rings is 1. The number of aromatic nitrogens is 2. The van der Waals surface area contributed by atoms with Crippen molar-refractivity contribution in [1.29, 1.82) is 0 Å². The van der Waals surface area contributed by atoms with Gasteiger partial charge in [0.1, 0.15) is 6.10 Å². The van der Waals surface area contributed by atoms with Crippen LogP contribution >= 0.6 is 0 Å². The SMILES string of the molecule is O=C(Nc1ccc(-c2nnc(-c3ccco3)o2)cc1)[C@@H]1CCCO1. The van der Waals surface area contributed by atoms with E-state index in [1.54, 1.807) is 30.5 Å². The standard InChI is InChI=1S/C17H15N3O4/c21-15(13-3-1-9-22-13)18-12-7-5-11(6-8-12)16-19-20-17(24-16)14-4-2-10-23-14/h2,4-8,10,13H,1,3,9H2,(H,18,21)/t13-/m0/s1. The lowest BCUT2D eigenvalue weighted by Crippen LogP contribution is -2.26. The molecule has 3 heterocycles. The summed E-state index contributed by atoms with van der Waals surface area (Å²) in [4.78, 5) is 12.0. The fraction of sp³-hybridized carbons (Fsp3) is 0.235. The molecule has 1 aromatic carbocycles. The minimum absolute atomic E-state index is 0.113. The largest absolute Gasteiger partial charge is 0.459 e. The van der Waals surface area contributed by atoms with E-state index in [2.05, 4.69) is 15.5 Å². The van der Waals surface area contributed by atoms with E-state index in [1.807, 2.05) is 12.1 Å². The average molecular weight is 325 g/mol. The van der Waals surface area contributed by atoms with Gasteiger partial charge in [0.25, 0.3) is 11.8 Å². The molecule has 0 unspecified atom stereocenters. The Balaban J connectivity index is 1.46. The zero-order chi connectivity index (χ0) is 16.4. The lowest BCUT2D eigenvalue weighted by atomic mass is 10.2. The van der Waals surface area contributed by atoms with Crippen LogP contribution in [0.1, 0.15) is 12.8 Å². The Morgan fingerprint density at radius 1 is 1.12 bits per heavy atom. The van der Waals surface area contributed by atoms with Gasteiger partial charge in [-0.15, -0.1) is 10.2 Å². The van der Waals surface area contributed by atoms with Crippen LogP contribution in [0.5, 0.6) is 0 Å². The van der Waals surface area contributed by atoms with Crippen molar-refractivity contribution in [2.45, 2.75) is 18.9 Å². The summed E-state index contributed by atoms with van der Waals surface area (Å²) < 4.78 is 16.2. The smallest absolute Gasteiger partial charge is 0.283 e. The summed E-state index contributed by atoms with van der Waals surface area (Å²) in [5.41, 5.74) is 1.46. The summed E-state index contributed by atoms with van der Waals surface area (Å²) in [5, 5.41) is 10.8. The van der Waals surface area contributed by atoms with Crippen LogP contribution in [0.4, 0.5) is 5.69 Å². The van der Waals surface area contributed by atoms with Gasteiger partial charge in [-0.2, -0.15) is 0 Å². The van der Waals surface area contributed by atoms with E-state index < -0.39 is 0 Å². The van der Waals surface area contributed by atoms with Crippen molar-refractivity contribution in [2.75, 3.05) is 11.9 Å². The maximum absolute atomic E-state index is 12.0. The monoisotopic (exact) mass is 325 g/mol. The highest BCUT2D eigenvalue weighted by molar-refractivity contribution is 5.94. The molecule has 0 aliphatic carbocycles. The molecule has 122 valence electrons. The van der Waals surface area contributed by atoms with E-state index in [0.717, 1.165) is 18.4 Å². The van der Waals surface area contributed by atoms with E-state index in [4.69, 9.17) is 13.6 Å². The van der Waals surface area contributed by atoms with Crippen molar-refractivity contribution in [1.82, 2.24) is 10.2 Å². The van der Waals surface area contributed by atoms with E-state index >= 15 is 0 Å². The maximum atomic E-state index is 12.0. The van der Waals surface area contributed by atoms with Gasteiger partial charge in [-0.05, 0) is 49.2 Å². The average Bonchev–Trinajstić information content (AvgIpc) is 3.35. The predicted octanol–water partition coefficient (Wildman–Crippen LogP) is 3.11. The molecule has 7 nitrogen and oxygen atoms in total. The summed E-state index contributed by atoms with van der Waals surface area (Å²) in [6.07, 6.45) is 2.88. The highest BCUT2D eigenvalue weighted by Crippen LogP contribution is 2.25. The van der Waals surface area contributed by atoms with Gasteiger partial charge >= 0.3 is 0 Å². The lowest BCUT2D eigenvalue weighted by Gasteiger charge is -2.10. The van der Waals surface area contributed by atoms with Gasteiger partial charge in [0.15, 0.2) is 5.76 Å². The highest BCUT2D eigenvalue weighted by atomic mass is 16.5. The molecule has 3 aromatic rings. The zero-order valence-corrected chi connectivity index (χ0v) is 12.8. The third-order valence-electron chi connectivity index (χ3n) is 3.78. The number of hydrogen-bond acceptors (Lipinski definition) is 6. The van der Waals surface area contributed by atoms with E-state index in [0.29, 0.717) is 29.8 Å². The number of rotatable bonds is 4. The summed E-state index contributed by atoms with van der Waals surface area (Å²) in [5.74, 6) is 1.12. The first-order valence-corrected chi connectivity index (χ1v) is 7.70. The quantitative estimate of drug-likeness (QED) is 0.792. The number of amides is 1. The fourth-order valence-electron chi connectivity index (χ4n) is 2.54. The Kier molecular flexibility index (Phi) is 3.84. The first kappa shape index (κ1) is 14.6. The third-order valence-corrected chi connectivity index (χ3v) is 3.78. The number of anilines is 1. The second kappa shape index (κ2) is 6.29. The molecule has 2 aromatic heterocycles. The molecule has 1 atom stereocenters. The Bertz CT molecular complexity index is 818. The Hall–Kier alpha value is -2.93. The fourth-order valence-corrected chi connectivity index (χ4v) is 2.54. The summed E-state index contributed by atoms with van der Waals surface area (Å²) in [7, 11) is 0. The lowest BCUT2D eigenvalue weighted by molar-refractivity contribution is -0.124. The topological polar surface area (TPSA) is 90.4 Å². The molecule has 24 heavy (non-hydrogen) atoms. The van der Waals surface area contributed by atoms with Crippen molar-refractivity contribution in [3.63, 3.8) is 0 Å². The Labute approximate surface area is 137 Å². The third kappa shape index (κ3) is 2.93. The minimum atomic E-state index is -0.350. The Morgan fingerprint density at radius 3 is 2.67 bits per heavy atom. The molecule has 1 N–H and O–H groups in total. The van der Waals surface area contributed by atoms with Crippen LogP contribution in [-0.2, 0) is 9.53 Å². The number of nitrogens with one attached hydrogen (secondary N) is 1. The van der Waals surface area contributed by atoms with Gasteiger partial charge in [-0.1, -0.05) is 0 Å². The van der Waals surface area contributed by atoms with Gasteiger partial charge in [0, 0.05) is 17.9 Å². The van der Waals surface area contributed by atoms with Gasteiger partial charge in [0.2, 0.25) is 5.89 Å². The first-order chi connectivity index (χ1) is 11.8. The molecule has 1 fully saturated rings.